The van der Waals surface area contributed by atoms with E-state index in [1.165, 1.54) is 12.1 Å². The third-order valence-electron chi connectivity index (χ3n) is 4.14. The quantitative estimate of drug-likeness (QED) is 0.583. The largest absolute Gasteiger partial charge is 0.349 e. The third kappa shape index (κ3) is 4.58. The second kappa shape index (κ2) is 8.25. The fraction of sp³-hybridized carbons (Fsp3) is 0.235. The van der Waals surface area contributed by atoms with Gasteiger partial charge in [0, 0.05) is 29.5 Å². The first kappa shape index (κ1) is 20.9. The summed E-state index contributed by atoms with van der Waals surface area (Å²) < 4.78 is 71.1. The number of anilines is 3. The van der Waals surface area contributed by atoms with Gasteiger partial charge in [0.25, 0.3) is 0 Å². The first-order valence-electron chi connectivity index (χ1n) is 8.17. The Morgan fingerprint density at radius 1 is 0.964 bits per heavy atom. The number of ketones is 1. The minimum absolute atomic E-state index is 0.00758. The van der Waals surface area contributed by atoms with Crippen LogP contribution in [-0.2, 0) is 15.0 Å². The lowest BCUT2D eigenvalue weighted by Crippen LogP contribution is -2.41. The van der Waals surface area contributed by atoms with E-state index in [4.69, 9.17) is 0 Å². The highest BCUT2D eigenvalue weighted by Gasteiger charge is 2.28. The number of nitrogens with one attached hydrogen (secondary N) is 2. The van der Waals surface area contributed by atoms with Crippen LogP contribution in [0, 0.1) is 21.0 Å². The fourth-order valence-corrected chi connectivity index (χ4v) is 4.36. The molecule has 1 saturated heterocycles. The van der Waals surface area contributed by atoms with Gasteiger partial charge < -0.3 is 5.32 Å². The lowest BCUT2D eigenvalue weighted by atomic mass is 10.1. The maximum atomic E-state index is 14.4. The molecule has 0 saturated carbocycles. The standard InChI is InChI=1S/C17H15F3IN3O3S/c18-12-2-4-15(23-28(26,27)24-7-5-11(25)6-8-24)17(16(12)20)22-14-3-1-10(21)9-13(14)19/h1-4,9,22-23H,5-8H2. The van der Waals surface area contributed by atoms with Gasteiger partial charge in [0.15, 0.2) is 11.6 Å². The van der Waals surface area contributed by atoms with Crippen LogP contribution in [0.3, 0.4) is 0 Å². The van der Waals surface area contributed by atoms with E-state index >= 15 is 0 Å². The zero-order chi connectivity index (χ0) is 20.5. The molecule has 1 fully saturated rings. The Morgan fingerprint density at radius 2 is 1.61 bits per heavy atom. The minimum Gasteiger partial charge on any atom is -0.349 e. The lowest BCUT2D eigenvalue weighted by molar-refractivity contribution is -0.120. The summed E-state index contributed by atoms with van der Waals surface area (Å²) in [6.07, 6.45) is 0.162. The molecule has 0 amide bonds. The average Bonchev–Trinajstić information content (AvgIpc) is 2.63. The highest BCUT2D eigenvalue weighted by atomic mass is 127. The number of nitrogens with zero attached hydrogens (tertiary/aromatic N) is 1. The number of piperidine rings is 1. The molecule has 1 aliphatic heterocycles. The van der Waals surface area contributed by atoms with Crippen molar-refractivity contribution < 1.29 is 26.4 Å². The summed E-state index contributed by atoms with van der Waals surface area (Å²) in [6.45, 7) is -0.0152. The van der Waals surface area contributed by atoms with Crippen LogP contribution in [0.5, 0.6) is 0 Å². The number of halogens is 4. The lowest BCUT2D eigenvalue weighted by Gasteiger charge is -2.26. The van der Waals surface area contributed by atoms with E-state index in [9.17, 15) is 26.4 Å². The number of carbonyl (C=O) groups excluding carboxylic acids is 1. The van der Waals surface area contributed by atoms with Crippen LogP contribution in [0.15, 0.2) is 30.3 Å². The SMILES string of the molecule is O=C1CCN(S(=O)(=O)Nc2ccc(F)c(F)c2Nc2ccc(I)cc2F)CC1. The van der Waals surface area contributed by atoms with Crippen LogP contribution in [0.4, 0.5) is 30.2 Å². The van der Waals surface area contributed by atoms with Gasteiger partial charge in [-0.15, -0.1) is 0 Å². The molecule has 0 aromatic heterocycles. The topological polar surface area (TPSA) is 78.5 Å². The summed E-state index contributed by atoms with van der Waals surface area (Å²) in [7, 11) is -4.11. The molecule has 150 valence electrons. The van der Waals surface area contributed by atoms with Crippen LogP contribution < -0.4 is 10.0 Å². The molecule has 0 unspecified atom stereocenters. The number of rotatable bonds is 5. The first-order valence-corrected chi connectivity index (χ1v) is 10.7. The number of hydrogen-bond acceptors (Lipinski definition) is 4. The maximum absolute atomic E-state index is 14.4. The van der Waals surface area contributed by atoms with Crippen LogP contribution in [-0.4, -0.2) is 31.6 Å². The third-order valence-corrected chi connectivity index (χ3v) is 6.34. The summed E-state index contributed by atoms with van der Waals surface area (Å²) in [6, 6.07) is 5.88. The molecular formula is C17H15F3IN3O3S. The number of benzene rings is 2. The normalized spacial score (nSPS) is 15.5. The van der Waals surface area contributed by atoms with Crippen molar-refractivity contribution in [2.75, 3.05) is 23.1 Å². The summed E-state index contributed by atoms with van der Waals surface area (Å²) in [4.78, 5) is 11.3. The van der Waals surface area contributed by atoms with Crippen molar-refractivity contribution >= 4 is 55.6 Å². The Morgan fingerprint density at radius 3 is 2.25 bits per heavy atom. The molecule has 2 aromatic rings. The van der Waals surface area contributed by atoms with Crippen LogP contribution in [0.1, 0.15) is 12.8 Å². The summed E-state index contributed by atoms with van der Waals surface area (Å²) in [5.74, 6) is -3.33. The highest BCUT2D eigenvalue weighted by molar-refractivity contribution is 14.1. The van der Waals surface area contributed by atoms with E-state index in [1.807, 2.05) is 22.6 Å². The van der Waals surface area contributed by atoms with Crippen LogP contribution in [0.2, 0.25) is 0 Å². The van der Waals surface area contributed by atoms with Crippen molar-refractivity contribution in [2.45, 2.75) is 12.8 Å². The smallest absolute Gasteiger partial charge is 0.301 e. The monoisotopic (exact) mass is 525 g/mol. The molecule has 0 spiro atoms. The average molecular weight is 525 g/mol. The van der Waals surface area contributed by atoms with Gasteiger partial charge in [0.1, 0.15) is 17.3 Å². The van der Waals surface area contributed by atoms with Crippen LogP contribution in [0.25, 0.3) is 0 Å². The zero-order valence-electron chi connectivity index (χ0n) is 14.3. The van der Waals surface area contributed by atoms with Gasteiger partial charge in [-0.2, -0.15) is 12.7 Å². The summed E-state index contributed by atoms with van der Waals surface area (Å²) >= 11 is 1.89. The summed E-state index contributed by atoms with van der Waals surface area (Å²) in [5, 5.41) is 2.42. The second-order valence-electron chi connectivity index (χ2n) is 6.08. The van der Waals surface area contributed by atoms with E-state index in [0.717, 1.165) is 16.4 Å². The van der Waals surface area contributed by atoms with Crippen molar-refractivity contribution in [3.8, 4) is 0 Å². The molecular weight excluding hydrogens is 510 g/mol. The van der Waals surface area contributed by atoms with Gasteiger partial charge in [-0.3, -0.25) is 9.52 Å². The Hall–Kier alpha value is -1.86. The van der Waals surface area contributed by atoms with Gasteiger partial charge in [-0.05, 0) is 52.9 Å². The number of Topliss-reactive ketones (excluding diaryl/α,β-unsaturated/α-hetero) is 1. The molecule has 0 aliphatic carbocycles. The van der Waals surface area contributed by atoms with E-state index in [1.54, 1.807) is 6.07 Å². The molecule has 11 heteroatoms. The van der Waals surface area contributed by atoms with Gasteiger partial charge in [-0.1, -0.05) is 0 Å². The molecule has 2 N–H and O–H groups in total. The maximum Gasteiger partial charge on any atom is 0.301 e. The van der Waals surface area contributed by atoms with E-state index < -0.39 is 33.3 Å². The number of carbonyl (C=O) groups is 1. The Bertz CT molecular complexity index is 1020. The van der Waals surface area contributed by atoms with Crippen molar-refractivity contribution in [1.82, 2.24) is 4.31 Å². The van der Waals surface area contributed by atoms with Gasteiger partial charge >= 0.3 is 10.2 Å². The Kier molecular flexibility index (Phi) is 6.15. The molecule has 1 heterocycles. The Labute approximate surface area is 173 Å². The molecule has 0 atom stereocenters. The fourth-order valence-electron chi connectivity index (χ4n) is 2.66. The van der Waals surface area contributed by atoms with Gasteiger partial charge in [-0.25, -0.2) is 13.2 Å². The second-order valence-corrected chi connectivity index (χ2v) is 8.99. The van der Waals surface area contributed by atoms with Crippen molar-refractivity contribution in [1.29, 1.82) is 0 Å². The molecule has 0 bridgehead atoms. The molecule has 6 nitrogen and oxygen atoms in total. The first-order chi connectivity index (χ1) is 13.2. The van der Waals surface area contributed by atoms with Gasteiger partial charge in [0.05, 0.1) is 11.4 Å². The summed E-state index contributed by atoms with van der Waals surface area (Å²) in [5.41, 5.74) is -0.973. The predicted octanol–water partition coefficient (Wildman–Crippen LogP) is 3.77. The highest BCUT2D eigenvalue weighted by Crippen LogP contribution is 2.33. The molecule has 2 aromatic carbocycles. The van der Waals surface area contributed by atoms with Crippen LogP contribution >= 0.6 is 22.6 Å². The molecule has 0 radical (unpaired) electrons. The molecule has 28 heavy (non-hydrogen) atoms. The van der Waals surface area contributed by atoms with Gasteiger partial charge in [0.2, 0.25) is 0 Å². The van der Waals surface area contributed by atoms with Crippen molar-refractivity contribution in [3.63, 3.8) is 0 Å². The Balaban J connectivity index is 1.93. The molecule has 1 aliphatic rings. The number of hydrogen-bond donors (Lipinski definition) is 2. The zero-order valence-corrected chi connectivity index (χ0v) is 17.3. The predicted molar refractivity (Wildman–Crippen MR) is 107 cm³/mol. The molecule has 3 rings (SSSR count). The minimum atomic E-state index is -4.11. The van der Waals surface area contributed by atoms with E-state index in [2.05, 4.69) is 10.0 Å². The van der Waals surface area contributed by atoms with E-state index in [-0.39, 0.29) is 43.1 Å². The van der Waals surface area contributed by atoms with E-state index in [0.29, 0.717) is 3.57 Å². The van der Waals surface area contributed by atoms with Crippen molar-refractivity contribution in [3.05, 3.63) is 51.4 Å². The van der Waals surface area contributed by atoms with Crippen molar-refractivity contribution in [2.24, 2.45) is 0 Å².